The maximum Gasteiger partial charge on any atom is 0.344 e. The summed E-state index contributed by atoms with van der Waals surface area (Å²) in [6.45, 7) is 1.71. The van der Waals surface area contributed by atoms with Crippen LogP contribution in [0.2, 0.25) is 5.02 Å². The Hall–Kier alpha value is -2.79. The van der Waals surface area contributed by atoms with Crippen LogP contribution in [0.5, 0.6) is 11.5 Å². The van der Waals surface area contributed by atoms with Crippen LogP contribution in [0.4, 0.5) is 10.5 Å². The molecule has 0 aromatic heterocycles. The van der Waals surface area contributed by atoms with E-state index in [1.165, 1.54) is 19.3 Å². The molecule has 0 atom stereocenters. The van der Waals surface area contributed by atoms with E-state index in [0.29, 0.717) is 31.3 Å². The quantitative estimate of drug-likeness (QED) is 0.240. The summed E-state index contributed by atoms with van der Waals surface area (Å²) < 4.78 is 16.4. The van der Waals surface area contributed by atoms with E-state index in [4.69, 9.17) is 25.8 Å². The number of ether oxygens (including phenoxy) is 3. The van der Waals surface area contributed by atoms with Crippen LogP contribution in [0, 0.1) is 3.57 Å². The second-order valence-electron chi connectivity index (χ2n) is 6.24. The van der Waals surface area contributed by atoms with E-state index in [2.05, 4.69) is 5.32 Å². The molecule has 0 bridgehead atoms. The van der Waals surface area contributed by atoms with E-state index in [1.807, 2.05) is 22.6 Å². The maximum absolute atomic E-state index is 12.8. The second kappa shape index (κ2) is 10.0. The van der Waals surface area contributed by atoms with Crippen molar-refractivity contribution in [2.45, 2.75) is 6.92 Å². The molecule has 1 aliphatic heterocycles. The maximum atomic E-state index is 12.8. The molecule has 31 heavy (non-hydrogen) atoms. The number of methoxy groups -OCH3 is 1. The van der Waals surface area contributed by atoms with Crippen molar-refractivity contribution in [2.24, 2.45) is 0 Å². The van der Waals surface area contributed by atoms with E-state index in [0.717, 1.165) is 4.90 Å². The van der Waals surface area contributed by atoms with Crippen LogP contribution in [0.3, 0.4) is 0 Å². The highest BCUT2D eigenvalue weighted by atomic mass is 127. The summed E-state index contributed by atoms with van der Waals surface area (Å²) in [4.78, 5) is 37.7. The van der Waals surface area contributed by atoms with Gasteiger partial charge in [-0.3, -0.25) is 4.79 Å². The molecule has 0 unspecified atom stereocenters. The Labute approximate surface area is 197 Å². The highest BCUT2D eigenvalue weighted by Crippen LogP contribution is 2.35. The molecule has 8 nitrogen and oxygen atoms in total. The lowest BCUT2D eigenvalue weighted by Crippen LogP contribution is -2.30. The Bertz CT molecular complexity index is 1070. The fourth-order valence-corrected chi connectivity index (χ4v) is 3.81. The van der Waals surface area contributed by atoms with Crippen molar-refractivity contribution in [3.63, 3.8) is 0 Å². The number of hydrogen-bond acceptors (Lipinski definition) is 6. The summed E-state index contributed by atoms with van der Waals surface area (Å²) in [6.07, 6.45) is 1.53. The van der Waals surface area contributed by atoms with Gasteiger partial charge in [0.15, 0.2) is 18.1 Å². The Morgan fingerprint density at radius 2 is 2.03 bits per heavy atom. The smallest absolute Gasteiger partial charge is 0.344 e. The van der Waals surface area contributed by atoms with Gasteiger partial charge in [-0.05, 0) is 71.5 Å². The van der Waals surface area contributed by atoms with Gasteiger partial charge in [0.25, 0.3) is 5.91 Å². The molecule has 10 heteroatoms. The van der Waals surface area contributed by atoms with Gasteiger partial charge in [-0.2, -0.15) is 0 Å². The molecule has 1 aliphatic rings. The predicted molar refractivity (Wildman–Crippen MR) is 123 cm³/mol. The number of carbonyl (C=O) groups excluding carboxylic acids is 3. The fraction of sp³-hybridized carbons (Fsp3) is 0.190. The molecule has 1 saturated heterocycles. The van der Waals surface area contributed by atoms with E-state index in [9.17, 15) is 14.4 Å². The molecule has 1 fully saturated rings. The molecule has 0 aliphatic carbocycles. The van der Waals surface area contributed by atoms with Gasteiger partial charge in [0.2, 0.25) is 0 Å². The first-order valence-electron chi connectivity index (χ1n) is 9.12. The molecule has 0 spiro atoms. The number of esters is 1. The van der Waals surface area contributed by atoms with Crippen LogP contribution >= 0.6 is 34.2 Å². The number of rotatable bonds is 7. The summed E-state index contributed by atoms with van der Waals surface area (Å²) in [7, 11) is 1.46. The molecule has 1 N–H and O–H groups in total. The monoisotopic (exact) mass is 556 g/mol. The molecule has 162 valence electrons. The SMILES string of the molecule is CCOC(=O)COc1c(I)cc(/C=C2/NC(=O)N(c3cccc(Cl)c3)C2=O)cc1OC. The van der Waals surface area contributed by atoms with E-state index >= 15 is 0 Å². The summed E-state index contributed by atoms with van der Waals surface area (Å²) in [5.74, 6) is -0.261. The average Bonchev–Trinajstić information content (AvgIpc) is 3.00. The van der Waals surface area contributed by atoms with Gasteiger partial charge in [0.1, 0.15) is 5.70 Å². The minimum absolute atomic E-state index is 0.100. The summed E-state index contributed by atoms with van der Waals surface area (Å²) >= 11 is 8.01. The Kier molecular flexibility index (Phi) is 7.39. The lowest BCUT2D eigenvalue weighted by Gasteiger charge is -2.13. The van der Waals surface area contributed by atoms with Crippen molar-refractivity contribution in [3.8, 4) is 11.5 Å². The van der Waals surface area contributed by atoms with Crippen molar-refractivity contribution < 1.29 is 28.6 Å². The Morgan fingerprint density at radius 1 is 1.26 bits per heavy atom. The van der Waals surface area contributed by atoms with Crippen LogP contribution in [0.15, 0.2) is 42.1 Å². The van der Waals surface area contributed by atoms with Crippen molar-refractivity contribution in [3.05, 3.63) is 56.3 Å². The average molecular weight is 557 g/mol. The number of nitrogens with zero attached hydrogens (tertiary/aromatic N) is 1. The van der Waals surface area contributed by atoms with Crippen LogP contribution in [0.1, 0.15) is 12.5 Å². The highest BCUT2D eigenvalue weighted by Gasteiger charge is 2.35. The van der Waals surface area contributed by atoms with Gasteiger partial charge in [0, 0.05) is 5.02 Å². The minimum atomic E-state index is -0.574. The number of amides is 3. The van der Waals surface area contributed by atoms with Crippen molar-refractivity contribution >= 4 is 63.9 Å². The molecule has 0 radical (unpaired) electrons. The van der Waals surface area contributed by atoms with E-state index < -0.39 is 17.9 Å². The van der Waals surface area contributed by atoms with Gasteiger partial charge < -0.3 is 19.5 Å². The lowest BCUT2D eigenvalue weighted by atomic mass is 10.1. The molecular weight excluding hydrogens is 539 g/mol. The molecule has 2 aromatic rings. The second-order valence-corrected chi connectivity index (χ2v) is 7.84. The third kappa shape index (κ3) is 5.28. The Balaban J connectivity index is 1.86. The molecular formula is C21H18ClIN2O6. The van der Waals surface area contributed by atoms with Crippen molar-refractivity contribution in [1.29, 1.82) is 0 Å². The number of carbonyl (C=O) groups is 3. The summed E-state index contributed by atoms with van der Waals surface area (Å²) in [6, 6.07) is 9.25. The first-order valence-corrected chi connectivity index (χ1v) is 10.6. The number of nitrogens with one attached hydrogen (secondary N) is 1. The number of benzene rings is 2. The minimum Gasteiger partial charge on any atom is -0.493 e. The van der Waals surface area contributed by atoms with E-state index in [1.54, 1.807) is 37.3 Å². The Morgan fingerprint density at radius 3 is 2.71 bits per heavy atom. The van der Waals surface area contributed by atoms with Crippen LogP contribution < -0.4 is 19.7 Å². The number of urea groups is 1. The third-order valence-electron chi connectivity index (χ3n) is 4.15. The zero-order valence-corrected chi connectivity index (χ0v) is 19.5. The number of imide groups is 1. The number of anilines is 1. The third-order valence-corrected chi connectivity index (χ3v) is 5.18. The van der Waals surface area contributed by atoms with Gasteiger partial charge >= 0.3 is 12.0 Å². The number of hydrogen-bond donors (Lipinski definition) is 1. The van der Waals surface area contributed by atoms with Crippen LogP contribution in [0.25, 0.3) is 6.08 Å². The molecule has 1 heterocycles. The molecule has 3 rings (SSSR count). The van der Waals surface area contributed by atoms with Gasteiger partial charge in [-0.1, -0.05) is 17.7 Å². The largest absolute Gasteiger partial charge is 0.493 e. The van der Waals surface area contributed by atoms with Crippen molar-refractivity contribution in [1.82, 2.24) is 5.32 Å². The van der Waals surface area contributed by atoms with Crippen LogP contribution in [-0.4, -0.2) is 38.2 Å². The van der Waals surface area contributed by atoms with Crippen LogP contribution in [-0.2, 0) is 14.3 Å². The summed E-state index contributed by atoms with van der Waals surface area (Å²) in [5.41, 5.74) is 1.07. The van der Waals surface area contributed by atoms with Gasteiger partial charge in [0.05, 0.1) is 23.0 Å². The fourth-order valence-electron chi connectivity index (χ4n) is 2.85. The van der Waals surface area contributed by atoms with Crippen molar-refractivity contribution in [2.75, 3.05) is 25.2 Å². The number of halogens is 2. The topological polar surface area (TPSA) is 94.2 Å². The molecule has 2 aromatic carbocycles. The lowest BCUT2D eigenvalue weighted by molar-refractivity contribution is -0.145. The summed E-state index contributed by atoms with van der Waals surface area (Å²) in [5, 5.41) is 2.98. The first kappa shape index (κ1) is 22.9. The molecule has 3 amide bonds. The first-order chi connectivity index (χ1) is 14.8. The van der Waals surface area contributed by atoms with Gasteiger partial charge in [-0.25, -0.2) is 14.5 Å². The highest BCUT2D eigenvalue weighted by molar-refractivity contribution is 14.1. The zero-order chi connectivity index (χ0) is 22.5. The predicted octanol–water partition coefficient (Wildman–Crippen LogP) is 3.99. The molecule has 0 saturated carbocycles. The van der Waals surface area contributed by atoms with Gasteiger partial charge in [-0.15, -0.1) is 0 Å². The normalized spacial score (nSPS) is 14.6. The zero-order valence-electron chi connectivity index (χ0n) is 16.6. The van der Waals surface area contributed by atoms with E-state index in [-0.39, 0.29) is 18.9 Å². The standard InChI is InChI=1S/C21H18ClIN2O6/c1-3-30-18(26)11-31-19-15(23)7-12(9-17(19)29-2)8-16-20(27)25(21(28)24-16)14-6-4-5-13(22)10-14/h4-10H,3,11H2,1-2H3,(H,24,28)/b16-8+.